The van der Waals surface area contributed by atoms with Gasteiger partial charge in [-0.05, 0) is 13.0 Å². The Hall–Kier alpha value is -1.26. The first-order valence-electron chi connectivity index (χ1n) is 4.90. The zero-order chi connectivity index (χ0) is 11.1. The standard InChI is InChI=1S/C11H17NO3/c1-3-14-10-6-4-5-9(7-12)11(10)15-8-13-2/h4-6H,3,7-8,12H2,1-2H3. The molecule has 0 aliphatic heterocycles. The van der Waals surface area contributed by atoms with Crippen LogP contribution in [-0.2, 0) is 11.3 Å². The summed E-state index contributed by atoms with van der Waals surface area (Å²) in [5.74, 6) is 1.38. The molecule has 15 heavy (non-hydrogen) atoms. The lowest BCUT2D eigenvalue weighted by atomic mass is 10.2. The normalized spacial score (nSPS) is 10.1. The van der Waals surface area contributed by atoms with Gasteiger partial charge >= 0.3 is 0 Å². The Labute approximate surface area is 89.9 Å². The fourth-order valence-corrected chi connectivity index (χ4v) is 1.27. The van der Waals surface area contributed by atoms with Crippen LogP contribution in [0.15, 0.2) is 18.2 Å². The first-order chi connectivity index (χ1) is 7.33. The van der Waals surface area contributed by atoms with Gasteiger partial charge in [-0.1, -0.05) is 12.1 Å². The molecule has 1 aromatic rings. The lowest BCUT2D eigenvalue weighted by Gasteiger charge is -2.14. The molecule has 0 radical (unpaired) electrons. The summed E-state index contributed by atoms with van der Waals surface area (Å²) in [6.45, 7) is 3.13. The molecule has 0 fully saturated rings. The quantitative estimate of drug-likeness (QED) is 0.725. The highest BCUT2D eigenvalue weighted by Crippen LogP contribution is 2.31. The first-order valence-corrected chi connectivity index (χ1v) is 4.90. The third-order valence-corrected chi connectivity index (χ3v) is 1.90. The average molecular weight is 211 g/mol. The minimum Gasteiger partial charge on any atom is -0.490 e. The van der Waals surface area contributed by atoms with E-state index < -0.39 is 0 Å². The fraction of sp³-hybridized carbons (Fsp3) is 0.455. The van der Waals surface area contributed by atoms with Crippen molar-refractivity contribution in [1.82, 2.24) is 0 Å². The average Bonchev–Trinajstić information content (AvgIpc) is 2.27. The maximum atomic E-state index is 5.61. The second-order valence-electron chi connectivity index (χ2n) is 2.93. The van der Waals surface area contributed by atoms with Gasteiger partial charge in [-0.25, -0.2) is 0 Å². The molecule has 0 saturated carbocycles. The van der Waals surface area contributed by atoms with E-state index in [1.54, 1.807) is 7.11 Å². The number of hydrogen-bond donors (Lipinski definition) is 1. The van der Waals surface area contributed by atoms with Gasteiger partial charge < -0.3 is 19.9 Å². The van der Waals surface area contributed by atoms with E-state index in [4.69, 9.17) is 19.9 Å². The summed E-state index contributed by atoms with van der Waals surface area (Å²) in [5.41, 5.74) is 6.53. The molecule has 4 heteroatoms. The molecule has 84 valence electrons. The molecule has 0 bridgehead atoms. The van der Waals surface area contributed by atoms with Crippen LogP contribution in [0.1, 0.15) is 12.5 Å². The third-order valence-electron chi connectivity index (χ3n) is 1.90. The Morgan fingerprint density at radius 2 is 2.07 bits per heavy atom. The molecule has 0 unspecified atom stereocenters. The van der Waals surface area contributed by atoms with Crippen LogP contribution in [0.3, 0.4) is 0 Å². The topological polar surface area (TPSA) is 53.7 Å². The van der Waals surface area contributed by atoms with Crippen molar-refractivity contribution < 1.29 is 14.2 Å². The minimum absolute atomic E-state index is 0.192. The highest BCUT2D eigenvalue weighted by Gasteiger charge is 2.09. The molecule has 0 spiro atoms. The second-order valence-corrected chi connectivity index (χ2v) is 2.93. The summed E-state index contributed by atoms with van der Waals surface area (Å²) in [4.78, 5) is 0. The van der Waals surface area contributed by atoms with Crippen molar-refractivity contribution in [2.24, 2.45) is 5.73 Å². The lowest BCUT2D eigenvalue weighted by Crippen LogP contribution is -2.07. The van der Waals surface area contributed by atoms with E-state index in [0.717, 1.165) is 5.56 Å². The molecule has 2 N–H and O–H groups in total. The van der Waals surface area contributed by atoms with Gasteiger partial charge in [0, 0.05) is 19.2 Å². The monoisotopic (exact) mass is 211 g/mol. The number of hydrogen-bond acceptors (Lipinski definition) is 4. The number of rotatable bonds is 6. The van der Waals surface area contributed by atoms with Crippen LogP contribution in [0.2, 0.25) is 0 Å². The molecule has 0 atom stereocenters. The number of para-hydroxylation sites is 1. The molecule has 0 heterocycles. The van der Waals surface area contributed by atoms with Gasteiger partial charge in [-0.3, -0.25) is 0 Å². The Bertz CT molecular complexity index is 302. The number of ether oxygens (including phenoxy) is 3. The molecular weight excluding hydrogens is 194 g/mol. The Morgan fingerprint density at radius 1 is 1.27 bits per heavy atom. The Morgan fingerprint density at radius 3 is 2.67 bits per heavy atom. The molecule has 1 aromatic carbocycles. The number of methoxy groups -OCH3 is 1. The molecule has 4 nitrogen and oxygen atoms in total. The van der Waals surface area contributed by atoms with E-state index in [0.29, 0.717) is 24.7 Å². The van der Waals surface area contributed by atoms with Gasteiger partial charge in [-0.15, -0.1) is 0 Å². The van der Waals surface area contributed by atoms with Crippen LogP contribution in [0.25, 0.3) is 0 Å². The van der Waals surface area contributed by atoms with Crippen molar-refractivity contribution in [3.05, 3.63) is 23.8 Å². The summed E-state index contributed by atoms with van der Waals surface area (Å²) in [5, 5.41) is 0. The highest BCUT2D eigenvalue weighted by molar-refractivity contribution is 5.46. The van der Waals surface area contributed by atoms with Crippen molar-refractivity contribution in [1.29, 1.82) is 0 Å². The summed E-state index contributed by atoms with van der Waals surface area (Å²) >= 11 is 0. The van der Waals surface area contributed by atoms with Crippen molar-refractivity contribution in [3.8, 4) is 11.5 Å². The van der Waals surface area contributed by atoms with Gasteiger partial charge in [0.15, 0.2) is 18.3 Å². The van der Waals surface area contributed by atoms with E-state index in [2.05, 4.69) is 0 Å². The molecular formula is C11H17NO3. The van der Waals surface area contributed by atoms with Crippen molar-refractivity contribution in [3.63, 3.8) is 0 Å². The van der Waals surface area contributed by atoms with Gasteiger partial charge in [0.1, 0.15) is 0 Å². The third kappa shape index (κ3) is 3.11. The van der Waals surface area contributed by atoms with Gasteiger partial charge in [0.2, 0.25) is 0 Å². The molecule has 1 rings (SSSR count). The predicted octanol–water partition coefficient (Wildman–Crippen LogP) is 1.53. The van der Waals surface area contributed by atoms with Gasteiger partial charge in [0.25, 0.3) is 0 Å². The van der Waals surface area contributed by atoms with E-state index in [1.807, 2.05) is 25.1 Å². The van der Waals surface area contributed by atoms with Gasteiger partial charge in [-0.2, -0.15) is 0 Å². The zero-order valence-electron chi connectivity index (χ0n) is 9.16. The summed E-state index contributed by atoms with van der Waals surface area (Å²) in [6.07, 6.45) is 0. The van der Waals surface area contributed by atoms with Crippen LogP contribution in [0.4, 0.5) is 0 Å². The largest absolute Gasteiger partial charge is 0.490 e. The number of benzene rings is 1. The fourth-order valence-electron chi connectivity index (χ4n) is 1.27. The summed E-state index contributed by atoms with van der Waals surface area (Å²) in [6, 6.07) is 5.66. The van der Waals surface area contributed by atoms with E-state index in [1.165, 1.54) is 0 Å². The predicted molar refractivity (Wildman–Crippen MR) is 58.0 cm³/mol. The van der Waals surface area contributed by atoms with Crippen LogP contribution in [-0.4, -0.2) is 20.5 Å². The van der Waals surface area contributed by atoms with Crippen molar-refractivity contribution in [2.45, 2.75) is 13.5 Å². The van der Waals surface area contributed by atoms with Crippen molar-refractivity contribution in [2.75, 3.05) is 20.5 Å². The van der Waals surface area contributed by atoms with Crippen LogP contribution in [0, 0.1) is 0 Å². The zero-order valence-corrected chi connectivity index (χ0v) is 9.16. The first kappa shape index (κ1) is 11.8. The Balaban J connectivity index is 2.92. The Kier molecular flexibility index (Phi) is 4.93. The van der Waals surface area contributed by atoms with E-state index in [-0.39, 0.29) is 6.79 Å². The molecule has 0 saturated heterocycles. The van der Waals surface area contributed by atoms with Crippen LogP contribution >= 0.6 is 0 Å². The lowest BCUT2D eigenvalue weighted by molar-refractivity contribution is 0.0480. The summed E-state index contributed by atoms with van der Waals surface area (Å²) in [7, 11) is 1.57. The number of nitrogens with two attached hydrogens (primary N) is 1. The maximum absolute atomic E-state index is 5.61. The van der Waals surface area contributed by atoms with Gasteiger partial charge in [0.05, 0.1) is 6.61 Å². The maximum Gasteiger partial charge on any atom is 0.188 e. The summed E-state index contributed by atoms with van der Waals surface area (Å²) < 4.78 is 15.7. The minimum atomic E-state index is 0.192. The van der Waals surface area contributed by atoms with E-state index in [9.17, 15) is 0 Å². The molecule has 0 aromatic heterocycles. The molecule has 0 aliphatic rings. The molecule has 0 amide bonds. The highest BCUT2D eigenvalue weighted by atomic mass is 16.7. The van der Waals surface area contributed by atoms with Crippen LogP contribution < -0.4 is 15.2 Å². The van der Waals surface area contributed by atoms with Crippen LogP contribution in [0.5, 0.6) is 11.5 Å². The SMILES string of the molecule is CCOc1cccc(CN)c1OCOC. The van der Waals surface area contributed by atoms with E-state index >= 15 is 0 Å². The second kappa shape index (κ2) is 6.27. The molecule has 0 aliphatic carbocycles. The van der Waals surface area contributed by atoms with Crippen molar-refractivity contribution >= 4 is 0 Å². The smallest absolute Gasteiger partial charge is 0.188 e.